The maximum absolute atomic E-state index is 12.0. The Morgan fingerprint density at radius 2 is 1.57 bits per heavy atom. The molecule has 10 heteroatoms. The van der Waals surface area contributed by atoms with Gasteiger partial charge in [0, 0.05) is 0 Å². The van der Waals surface area contributed by atoms with Crippen molar-refractivity contribution < 1.29 is 36.7 Å². The molecule has 3 rings (SSSR count). The molecule has 0 N–H and O–H groups in total. The molecule has 3 aliphatic rings. The van der Waals surface area contributed by atoms with E-state index in [1.807, 2.05) is 20.8 Å². The van der Waals surface area contributed by atoms with Gasteiger partial charge in [-0.3, -0.25) is 0 Å². The predicted molar refractivity (Wildman–Crippen MR) is 104 cm³/mol. The van der Waals surface area contributed by atoms with Crippen molar-refractivity contribution in [3.05, 3.63) is 6.61 Å². The van der Waals surface area contributed by atoms with Crippen LogP contribution in [0.1, 0.15) is 67.7 Å². The van der Waals surface area contributed by atoms with Gasteiger partial charge in [0.1, 0.15) is 0 Å². The first-order valence-corrected chi connectivity index (χ1v) is 17.2. The molecular formula is C20H31O9Pb+. The summed E-state index contributed by atoms with van der Waals surface area (Å²) in [7, 11) is 0. The first kappa shape index (κ1) is 23.7. The normalized spacial score (nSPS) is 35.2. The quantitative estimate of drug-likeness (QED) is 0.338. The summed E-state index contributed by atoms with van der Waals surface area (Å²) in [5, 5.41) is 0. The van der Waals surface area contributed by atoms with Crippen molar-refractivity contribution in [3.8, 4) is 0 Å². The summed E-state index contributed by atoms with van der Waals surface area (Å²) in [5.41, 5.74) is -1.79. The van der Waals surface area contributed by atoms with Gasteiger partial charge in [0.15, 0.2) is 0 Å². The SMILES string of the molecule is CC(=O)[O][Pb]([O]C(C)=O)([O]C(C)=O)[CH]1[CH+]O[C@H]2C[C@]3(C)[C@@H](OC(C)(C)C)CC[C@@]13O2. The molecule has 3 fully saturated rings. The number of hydrogen-bond acceptors (Lipinski definition) is 9. The molecule has 2 aliphatic heterocycles. The van der Waals surface area contributed by atoms with Gasteiger partial charge in [0.2, 0.25) is 0 Å². The minimum absolute atomic E-state index is 0.154. The summed E-state index contributed by atoms with van der Waals surface area (Å²) in [5.74, 6) is -2.07. The summed E-state index contributed by atoms with van der Waals surface area (Å²) < 4.78 is 34.5. The predicted octanol–water partition coefficient (Wildman–Crippen LogP) is 2.65. The zero-order chi connectivity index (χ0) is 22.5. The van der Waals surface area contributed by atoms with E-state index in [4.69, 9.17) is 22.3 Å². The van der Waals surface area contributed by atoms with Crippen LogP contribution in [0, 0.1) is 12.0 Å². The second-order valence-corrected chi connectivity index (χ2v) is 18.9. The minimum atomic E-state index is -5.44. The Morgan fingerprint density at radius 3 is 2.03 bits per heavy atom. The number of rotatable bonds is 5. The second kappa shape index (κ2) is 7.89. The van der Waals surface area contributed by atoms with Gasteiger partial charge in [0.25, 0.3) is 0 Å². The summed E-state index contributed by atoms with van der Waals surface area (Å²) >= 11 is -5.44. The fourth-order valence-corrected chi connectivity index (χ4v) is 17.0. The fraction of sp³-hybridized carbons (Fsp3) is 0.800. The second-order valence-electron chi connectivity index (χ2n) is 9.45. The van der Waals surface area contributed by atoms with Crippen molar-refractivity contribution in [2.45, 2.75) is 94.8 Å². The third kappa shape index (κ3) is 4.09. The van der Waals surface area contributed by atoms with E-state index in [1.54, 1.807) is 0 Å². The topological polar surface area (TPSA) is 107 Å². The molecular weight excluding hydrogens is 591 g/mol. The van der Waals surface area contributed by atoms with Crippen molar-refractivity contribution in [1.82, 2.24) is 0 Å². The van der Waals surface area contributed by atoms with Gasteiger partial charge in [-0.1, -0.05) is 0 Å². The van der Waals surface area contributed by atoms with Crippen LogP contribution in [0.4, 0.5) is 0 Å². The first-order valence-electron chi connectivity index (χ1n) is 10.2. The summed E-state index contributed by atoms with van der Waals surface area (Å²) in [6.45, 7) is 13.1. The molecule has 0 radical (unpaired) electrons. The van der Waals surface area contributed by atoms with Crippen molar-refractivity contribution in [3.63, 3.8) is 0 Å². The van der Waals surface area contributed by atoms with Crippen molar-refractivity contribution >= 4 is 40.4 Å². The van der Waals surface area contributed by atoms with Gasteiger partial charge in [-0.2, -0.15) is 0 Å². The average molecular weight is 623 g/mol. The Kier molecular flexibility index (Phi) is 6.25. The van der Waals surface area contributed by atoms with E-state index >= 15 is 0 Å². The van der Waals surface area contributed by atoms with Crippen LogP contribution in [-0.4, -0.2) is 64.0 Å². The average Bonchev–Trinajstić information content (AvgIpc) is 2.90. The van der Waals surface area contributed by atoms with Gasteiger partial charge < -0.3 is 0 Å². The van der Waals surface area contributed by atoms with E-state index in [1.165, 1.54) is 27.4 Å². The summed E-state index contributed by atoms with van der Waals surface area (Å²) in [4.78, 5) is 36.1. The Balaban J connectivity index is 2.09. The van der Waals surface area contributed by atoms with Crippen LogP contribution in [-0.2, 0) is 36.7 Å². The van der Waals surface area contributed by atoms with Crippen LogP contribution in [0.25, 0.3) is 0 Å². The molecule has 0 amide bonds. The van der Waals surface area contributed by atoms with Crippen LogP contribution in [0.2, 0.25) is 3.48 Å². The molecule has 5 atom stereocenters. The van der Waals surface area contributed by atoms with Crippen LogP contribution in [0.15, 0.2) is 0 Å². The van der Waals surface area contributed by atoms with E-state index in [0.29, 0.717) is 19.3 Å². The van der Waals surface area contributed by atoms with Crippen molar-refractivity contribution in [2.75, 3.05) is 0 Å². The van der Waals surface area contributed by atoms with Gasteiger partial charge in [-0.15, -0.1) is 0 Å². The van der Waals surface area contributed by atoms with E-state index in [-0.39, 0.29) is 11.7 Å². The van der Waals surface area contributed by atoms with Crippen LogP contribution in [0.3, 0.4) is 0 Å². The fourth-order valence-electron chi connectivity index (χ4n) is 5.12. The first-order chi connectivity index (χ1) is 13.7. The molecule has 168 valence electrons. The van der Waals surface area contributed by atoms with Crippen LogP contribution < -0.4 is 0 Å². The number of hydrogen-bond donors (Lipinski definition) is 0. The molecule has 0 aromatic heterocycles. The molecule has 0 aromatic carbocycles. The Hall–Kier alpha value is -0.918. The molecule has 9 nitrogen and oxygen atoms in total. The summed E-state index contributed by atoms with van der Waals surface area (Å²) in [6, 6.07) is 0. The van der Waals surface area contributed by atoms with E-state index < -0.39 is 61.2 Å². The van der Waals surface area contributed by atoms with Crippen LogP contribution >= 0.6 is 0 Å². The Bertz CT molecular complexity index is 691. The number of ether oxygens (including phenoxy) is 3. The zero-order valence-corrected chi connectivity index (χ0v) is 22.5. The van der Waals surface area contributed by atoms with Crippen molar-refractivity contribution in [2.24, 2.45) is 5.41 Å². The van der Waals surface area contributed by atoms with E-state index in [2.05, 4.69) is 6.92 Å². The van der Waals surface area contributed by atoms with E-state index in [9.17, 15) is 14.4 Å². The zero-order valence-electron chi connectivity index (χ0n) is 18.6. The van der Waals surface area contributed by atoms with E-state index in [0.717, 1.165) is 0 Å². The molecule has 1 unspecified atom stereocenters. The number of fused-ring (bicyclic) bond motifs is 1. The summed E-state index contributed by atoms with van der Waals surface area (Å²) in [6.07, 6.45) is 1.19. The molecule has 2 saturated heterocycles. The van der Waals surface area contributed by atoms with Gasteiger partial charge in [-0.05, 0) is 0 Å². The monoisotopic (exact) mass is 623 g/mol. The molecule has 2 heterocycles. The van der Waals surface area contributed by atoms with Gasteiger partial charge >= 0.3 is 184 Å². The molecule has 1 saturated carbocycles. The molecule has 0 aromatic rings. The molecule has 2 bridgehead atoms. The standard InChI is InChI=1S/C14H22O3.3C2H4O2.Pb/c1-12(2,3)16-10-5-6-14-7-8-15-11(17-14)9-13(10,14)4;3*1-2(3)4;/h7-8,10-11H,5-6,9H2,1-4H3;3*1H3,(H,3,4);/q+1;;;;+3/p-3/t10-,11+,13+,14+;;;;/m0..../s1. The maximum atomic E-state index is 12.0. The Morgan fingerprint density at radius 1 is 1.03 bits per heavy atom. The third-order valence-electron chi connectivity index (χ3n) is 5.99. The molecule has 1 aliphatic carbocycles. The van der Waals surface area contributed by atoms with Crippen LogP contribution in [0.5, 0.6) is 0 Å². The molecule has 30 heavy (non-hydrogen) atoms. The third-order valence-corrected chi connectivity index (χ3v) is 18.0. The molecule has 1 spiro atoms. The Labute approximate surface area is 183 Å². The van der Waals surface area contributed by atoms with Crippen molar-refractivity contribution in [1.29, 1.82) is 0 Å². The van der Waals surface area contributed by atoms with Gasteiger partial charge in [0.05, 0.1) is 0 Å². The number of carbonyl (C=O) groups is 3. The number of carbonyl (C=O) groups excluding carboxylic acids is 3. The van der Waals surface area contributed by atoms with Gasteiger partial charge in [-0.25, -0.2) is 0 Å².